The molecule has 0 aliphatic heterocycles. The zero-order valence-electron chi connectivity index (χ0n) is 12.2. The Bertz CT molecular complexity index is 779. The van der Waals surface area contributed by atoms with Crippen molar-refractivity contribution in [3.8, 4) is 0 Å². The van der Waals surface area contributed by atoms with Gasteiger partial charge in [0.25, 0.3) is 11.8 Å². The van der Waals surface area contributed by atoms with Gasteiger partial charge in [-0.1, -0.05) is 34.8 Å². The molecule has 0 saturated heterocycles. The highest BCUT2D eigenvalue weighted by molar-refractivity contribution is 6.35. The number of pyridine rings is 1. The van der Waals surface area contributed by atoms with Crippen molar-refractivity contribution in [1.82, 2.24) is 9.88 Å². The number of halogens is 3. The smallest absolute Gasteiger partial charge is 0.275 e. The second-order valence-corrected chi connectivity index (χ2v) is 6.04. The van der Waals surface area contributed by atoms with E-state index in [1.165, 1.54) is 29.2 Å². The van der Waals surface area contributed by atoms with E-state index in [-0.39, 0.29) is 27.5 Å². The predicted molar refractivity (Wildman–Crippen MR) is 91.7 cm³/mol. The predicted octanol–water partition coefficient (Wildman–Crippen LogP) is 4.00. The van der Waals surface area contributed by atoms with Crippen LogP contribution in [0, 0.1) is 0 Å². The van der Waals surface area contributed by atoms with Crippen LogP contribution >= 0.6 is 34.8 Å². The summed E-state index contributed by atoms with van der Waals surface area (Å²) in [5, 5.41) is 3.25. The second-order valence-electron chi connectivity index (χ2n) is 4.81. The van der Waals surface area contributed by atoms with Gasteiger partial charge >= 0.3 is 0 Å². The number of nitrogens with one attached hydrogen (secondary N) is 1. The maximum atomic E-state index is 12.4. The number of carbonyl (C=O) groups excluding carboxylic acids is 2. The number of hydrogen-bond acceptors (Lipinski definition) is 3. The van der Waals surface area contributed by atoms with Crippen LogP contribution in [0.5, 0.6) is 0 Å². The molecule has 2 amide bonds. The van der Waals surface area contributed by atoms with E-state index >= 15 is 0 Å². The molecular weight excluding hydrogens is 361 g/mol. The minimum atomic E-state index is -0.590. The van der Waals surface area contributed by atoms with Crippen LogP contribution in [0.2, 0.25) is 15.2 Å². The lowest BCUT2D eigenvalue weighted by Crippen LogP contribution is -2.24. The van der Waals surface area contributed by atoms with Crippen LogP contribution in [0.25, 0.3) is 0 Å². The van der Waals surface area contributed by atoms with E-state index in [4.69, 9.17) is 34.8 Å². The Labute approximate surface area is 148 Å². The zero-order valence-corrected chi connectivity index (χ0v) is 14.5. The number of benzene rings is 1. The third kappa shape index (κ3) is 4.13. The molecule has 1 heterocycles. The standard InChI is InChI=1S/C15H12Cl3N3O2/c1-21(2)15(23)9-4-3-8(16)7-11(9)19-14(22)13-10(17)5-6-12(18)20-13/h3-7H,1-2H3,(H,19,22). The van der Waals surface area contributed by atoms with Crippen LogP contribution in [0.15, 0.2) is 30.3 Å². The summed E-state index contributed by atoms with van der Waals surface area (Å²) in [7, 11) is 3.22. The summed E-state index contributed by atoms with van der Waals surface area (Å²) in [5.41, 5.74) is 0.521. The first-order valence-electron chi connectivity index (χ1n) is 6.44. The quantitative estimate of drug-likeness (QED) is 0.829. The normalized spacial score (nSPS) is 10.3. The van der Waals surface area contributed by atoms with Gasteiger partial charge in [0, 0.05) is 19.1 Å². The van der Waals surface area contributed by atoms with Crippen LogP contribution < -0.4 is 5.32 Å². The number of amides is 2. The van der Waals surface area contributed by atoms with E-state index in [9.17, 15) is 9.59 Å². The molecule has 0 aliphatic rings. The minimum Gasteiger partial charge on any atom is -0.345 e. The summed E-state index contributed by atoms with van der Waals surface area (Å²) < 4.78 is 0. The average Bonchev–Trinajstić information content (AvgIpc) is 2.49. The van der Waals surface area contributed by atoms with Crippen molar-refractivity contribution < 1.29 is 9.59 Å². The van der Waals surface area contributed by atoms with Crippen LogP contribution in [0.3, 0.4) is 0 Å². The highest BCUT2D eigenvalue weighted by atomic mass is 35.5. The first kappa shape index (κ1) is 17.5. The molecule has 0 radical (unpaired) electrons. The Morgan fingerprint density at radius 1 is 1.09 bits per heavy atom. The van der Waals surface area contributed by atoms with Crippen molar-refractivity contribution in [2.24, 2.45) is 0 Å². The van der Waals surface area contributed by atoms with Crippen molar-refractivity contribution in [1.29, 1.82) is 0 Å². The van der Waals surface area contributed by atoms with Gasteiger partial charge in [-0.2, -0.15) is 0 Å². The summed E-state index contributed by atoms with van der Waals surface area (Å²) in [6.45, 7) is 0. The fourth-order valence-corrected chi connectivity index (χ4v) is 2.32. The zero-order chi connectivity index (χ0) is 17.1. The number of nitrogens with zero attached hydrogens (tertiary/aromatic N) is 2. The summed E-state index contributed by atoms with van der Waals surface area (Å²) in [5.74, 6) is -0.866. The monoisotopic (exact) mass is 371 g/mol. The average molecular weight is 373 g/mol. The van der Waals surface area contributed by atoms with E-state index in [2.05, 4.69) is 10.3 Å². The van der Waals surface area contributed by atoms with Gasteiger partial charge in [0.2, 0.25) is 0 Å². The topological polar surface area (TPSA) is 62.3 Å². The van der Waals surface area contributed by atoms with Gasteiger partial charge in [-0.15, -0.1) is 0 Å². The summed E-state index contributed by atoms with van der Waals surface area (Å²) >= 11 is 17.7. The van der Waals surface area contributed by atoms with Crippen molar-refractivity contribution in [2.45, 2.75) is 0 Å². The van der Waals surface area contributed by atoms with Gasteiger partial charge in [-0.3, -0.25) is 9.59 Å². The molecule has 8 heteroatoms. The number of rotatable bonds is 3. The molecule has 5 nitrogen and oxygen atoms in total. The minimum absolute atomic E-state index is 0.0394. The molecule has 2 aromatic rings. The molecule has 0 bridgehead atoms. The third-order valence-electron chi connectivity index (χ3n) is 2.89. The van der Waals surface area contributed by atoms with E-state index in [1.807, 2.05) is 0 Å². The molecule has 0 atom stereocenters. The molecule has 1 aromatic heterocycles. The van der Waals surface area contributed by atoms with Gasteiger partial charge in [0.15, 0.2) is 0 Å². The number of carbonyl (C=O) groups is 2. The third-order valence-corrected chi connectivity index (χ3v) is 3.64. The summed E-state index contributed by atoms with van der Waals surface area (Å²) in [6, 6.07) is 7.52. The van der Waals surface area contributed by atoms with Crippen LogP contribution in [-0.4, -0.2) is 35.8 Å². The number of aromatic nitrogens is 1. The van der Waals surface area contributed by atoms with Crippen molar-refractivity contribution >= 4 is 52.3 Å². The van der Waals surface area contributed by atoms with Crippen molar-refractivity contribution in [2.75, 3.05) is 19.4 Å². The Kier molecular flexibility index (Phi) is 5.46. The molecule has 0 unspecified atom stereocenters. The molecule has 1 aromatic carbocycles. The highest BCUT2D eigenvalue weighted by Gasteiger charge is 2.18. The van der Waals surface area contributed by atoms with Gasteiger partial charge in [-0.05, 0) is 30.3 Å². The Hall–Kier alpha value is -1.82. The van der Waals surface area contributed by atoms with Gasteiger partial charge in [0.1, 0.15) is 10.8 Å². The van der Waals surface area contributed by atoms with Gasteiger partial charge < -0.3 is 10.2 Å². The maximum absolute atomic E-state index is 12.4. The summed E-state index contributed by atoms with van der Waals surface area (Å²) in [4.78, 5) is 29.8. The number of hydrogen-bond donors (Lipinski definition) is 1. The van der Waals surface area contributed by atoms with Crippen LogP contribution in [0.1, 0.15) is 20.8 Å². The highest BCUT2D eigenvalue weighted by Crippen LogP contribution is 2.24. The lowest BCUT2D eigenvalue weighted by molar-refractivity contribution is 0.0828. The first-order chi connectivity index (χ1) is 10.8. The van der Waals surface area contributed by atoms with E-state index < -0.39 is 5.91 Å². The fraction of sp³-hybridized carbons (Fsp3) is 0.133. The molecule has 0 spiro atoms. The summed E-state index contributed by atoms with van der Waals surface area (Å²) in [6.07, 6.45) is 0. The molecule has 0 aliphatic carbocycles. The fourth-order valence-electron chi connectivity index (χ4n) is 1.81. The Balaban J connectivity index is 2.39. The maximum Gasteiger partial charge on any atom is 0.275 e. The van der Waals surface area contributed by atoms with E-state index in [0.717, 1.165) is 0 Å². The Morgan fingerprint density at radius 2 is 1.78 bits per heavy atom. The molecule has 2 rings (SSSR count). The van der Waals surface area contributed by atoms with Crippen LogP contribution in [-0.2, 0) is 0 Å². The lowest BCUT2D eigenvalue weighted by Gasteiger charge is -2.15. The largest absolute Gasteiger partial charge is 0.345 e. The van der Waals surface area contributed by atoms with E-state index in [0.29, 0.717) is 10.6 Å². The van der Waals surface area contributed by atoms with E-state index in [1.54, 1.807) is 20.2 Å². The number of anilines is 1. The lowest BCUT2D eigenvalue weighted by atomic mass is 10.1. The van der Waals surface area contributed by atoms with Gasteiger partial charge in [-0.25, -0.2) is 4.98 Å². The molecule has 120 valence electrons. The van der Waals surface area contributed by atoms with Crippen molar-refractivity contribution in [3.63, 3.8) is 0 Å². The van der Waals surface area contributed by atoms with Crippen molar-refractivity contribution in [3.05, 3.63) is 56.8 Å². The molecule has 0 saturated carbocycles. The first-order valence-corrected chi connectivity index (χ1v) is 7.57. The van der Waals surface area contributed by atoms with Crippen LogP contribution in [0.4, 0.5) is 5.69 Å². The molecule has 1 N–H and O–H groups in total. The SMILES string of the molecule is CN(C)C(=O)c1ccc(Cl)cc1NC(=O)c1nc(Cl)ccc1Cl. The molecule has 23 heavy (non-hydrogen) atoms. The second kappa shape index (κ2) is 7.17. The van der Waals surface area contributed by atoms with Gasteiger partial charge in [0.05, 0.1) is 16.3 Å². The molecule has 0 fully saturated rings. The Morgan fingerprint density at radius 3 is 2.43 bits per heavy atom. The molecular formula is C15H12Cl3N3O2.